The van der Waals surface area contributed by atoms with Gasteiger partial charge in [0.25, 0.3) is 0 Å². The second-order valence-corrected chi connectivity index (χ2v) is 7.03. The topological polar surface area (TPSA) is 98.0 Å². The van der Waals surface area contributed by atoms with Gasteiger partial charge in [0.05, 0.1) is 18.3 Å². The van der Waals surface area contributed by atoms with Gasteiger partial charge in [0.15, 0.2) is 0 Å². The van der Waals surface area contributed by atoms with Crippen LogP contribution in [0, 0.1) is 11.8 Å². The zero-order valence-corrected chi connectivity index (χ0v) is 16.2. The first-order valence-corrected chi connectivity index (χ1v) is 9.85. The Morgan fingerprint density at radius 2 is 1.67 bits per heavy atom. The van der Waals surface area contributed by atoms with Crippen molar-refractivity contribution in [3.8, 4) is 0 Å². The van der Waals surface area contributed by atoms with Gasteiger partial charge in [-0.1, -0.05) is 55.5 Å². The van der Waals surface area contributed by atoms with E-state index >= 15 is 0 Å². The molecule has 5 nitrogen and oxygen atoms in total. The molecule has 27 heavy (non-hydrogen) atoms. The van der Waals surface area contributed by atoms with E-state index in [4.69, 9.17) is 5.11 Å². The third kappa shape index (κ3) is 9.70. The van der Waals surface area contributed by atoms with Crippen molar-refractivity contribution in [3.63, 3.8) is 0 Å². The summed E-state index contributed by atoms with van der Waals surface area (Å²) in [6.07, 6.45) is 17.6. The maximum Gasteiger partial charge on any atom is 0.303 e. The van der Waals surface area contributed by atoms with Crippen LogP contribution < -0.4 is 0 Å². The van der Waals surface area contributed by atoms with E-state index in [1.165, 1.54) is 6.08 Å². The molecule has 0 bridgehead atoms. The van der Waals surface area contributed by atoms with Gasteiger partial charge in [0, 0.05) is 18.8 Å². The molecular weight excluding hydrogens is 344 g/mol. The van der Waals surface area contributed by atoms with Crippen LogP contribution in [-0.2, 0) is 4.79 Å². The van der Waals surface area contributed by atoms with Gasteiger partial charge in [-0.15, -0.1) is 0 Å². The van der Waals surface area contributed by atoms with Crippen LogP contribution in [0.4, 0.5) is 0 Å². The maximum atomic E-state index is 10.5. The minimum Gasteiger partial charge on any atom is -0.481 e. The molecule has 4 N–H and O–H groups in total. The number of rotatable bonds is 12. The molecule has 0 heterocycles. The Bertz CT molecular complexity index is 535. The molecule has 0 radical (unpaired) electrons. The summed E-state index contributed by atoms with van der Waals surface area (Å²) in [6.45, 7) is 2.11. The first-order valence-electron chi connectivity index (χ1n) is 9.85. The van der Waals surface area contributed by atoms with Gasteiger partial charge in [0.1, 0.15) is 0 Å². The van der Waals surface area contributed by atoms with Crippen molar-refractivity contribution in [2.24, 2.45) is 11.8 Å². The molecule has 0 aromatic carbocycles. The number of hydrogen-bond donors (Lipinski definition) is 4. The van der Waals surface area contributed by atoms with E-state index in [1.807, 2.05) is 6.08 Å². The molecule has 1 rings (SSSR count). The zero-order chi connectivity index (χ0) is 20.1. The minimum absolute atomic E-state index is 0.101. The Balaban J connectivity index is 2.47. The van der Waals surface area contributed by atoms with E-state index in [0.717, 1.165) is 19.3 Å². The van der Waals surface area contributed by atoms with Crippen molar-refractivity contribution < 1.29 is 25.2 Å². The zero-order valence-electron chi connectivity index (χ0n) is 16.2. The van der Waals surface area contributed by atoms with Crippen LogP contribution in [0.15, 0.2) is 48.6 Å². The number of hydrogen-bond acceptors (Lipinski definition) is 4. The molecule has 1 aliphatic carbocycles. The summed E-state index contributed by atoms with van der Waals surface area (Å²) >= 11 is 0. The average Bonchev–Trinajstić information content (AvgIpc) is 2.89. The Hall–Kier alpha value is -1.69. The lowest BCUT2D eigenvalue weighted by molar-refractivity contribution is -0.137. The molecule has 152 valence electrons. The number of allylic oxidation sites excluding steroid dienone is 6. The molecule has 5 atom stereocenters. The highest BCUT2D eigenvalue weighted by molar-refractivity contribution is 5.66. The number of carbonyl (C=O) groups is 1. The number of carboxylic acid groups (broad SMARTS) is 1. The Labute approximate surface area is 162 Å². The van der Waals surface area contributed by atoms with Gasteiger partial charge in [-0.25, -0.2) is 0 Å². The molecule has 0 spiro atoms. The molecule has 1 fully saturated rings. The summed E-state index contributed by atoms with van der Waals surface area (Å²) in [7, 11) is 0. The summed E-state index contributed by atoms with van der Waals surface area (Å²) in [5, 5.41) is 38.9. The third-order valence-electron chi connectivity index (χ3n) is 4.81. The number of aliphatic carboxylic acids is 1. The van der Waals surface area contributed by atoms with E-state index in [1.54, 1.807) is 6.08 Å². The minimum atomic E-state index is -0.947. The van der Waals surface area contributed by atoms with Crippen LogP contribution in [0.5, 0.6) is 0 Å². The molecule has 0 amide bonds. The first kappa shape index (κ1) is 23.3. The highest BCUT2D eigenvalue weighted by atomic mass is 16.4. The third-order valence-corrected chi connectivity index (χ3v) is 4.81. The normalized spacial score (nSPS) is 27.6. The standard InChI is InChI=1S/C22H34O5/c1-2-3-4-5-6-7-8-9-10-11-18-19(21(25)16-20(18)24)14-12-17(23)13-15-22(26)27/h3-4,6-7,9-10,12,14,17-21,23-25H,2,5,8,11,13,15-16H2,1H3,(H,26,27)/b4-3-,7-6-,10-9-,14-12+/t17-,18+,19-,20+,21-/m0/s1. The van der Waals surface area contributed by atoms with Crippen LogP contribution in [0.3, 0.4) is 0 Å². The van der Waals surface area contributed by atoms with E-state index in [-0.39, 0.29) is 24.7 Å². The van der Waals surface area contributed by atoms with E-state index < -0.39 is 24.3 Å². The van der Waals surface area contributed by atoms with Gasteiger partial charge >= 0.3 is 5.97 Å². The average molecular weight is 379 g/mol. The molecular formula is C22H34O5. The predicted octanol–water partition coefficient (Wildman–Crippen LogP) is 3.38. The smallest absolute Gasteiger partial charge is 0.303 e. The largest absolute Gasteiger partial charge is 0.481 e. The SMILES string of the molecule is CC/C=C\C/C=C\C/C=C\C[C@@H]1[C@H](/C=C/[C@H](O)CCC(=O)O)[C@@H](O)C[C@H]1O. The highest BCUT2D eigenvalue weighted by Crippen LogP contribution is 2.36. The molecule has 1 aliphatic rings. The van der Waals surface area contributed by atoms with Gasteiger partial charge < -0.3 is 20.4 Å². The molecule has 0 aliphatic heterocycles. The summed E-state index contributed by atoms with van der Waals surface area (Å²) in [5.41, 5.74) is 0. The molecule has 0 saturated heterocycles. The first-order chi connectivity index (χ1) is 13.0. The fraction of sp³-hybridized carbons (Fsp3) is 0.591. The fourth-order valence-electron chi connectivity index (χ4n) is 3.29. The lowest BCUT2D eigenvalue weighted by Gasteiger charge is -2.19. The van der Waals surface area contributed by atoms with Gasteiger partial charge in [-0.05, 0) is 38.0 Å². The second kappa shape index (κ2) is 13.5. The highest BCUT2D eigenvalue weighted by Gasteiger charge is 2.39. The van der Waals surface area contributed by atoms with E-state index in [9.17, 15) is 20.1 Å². The number of aliphatic hydroxyl groups is 3. The molecule has 0 aromatic rings. The van der Waals surface area contributed by atoms with Crippen LogP contribution in [0.1, 0.15) is 51.9 Å². The molecule has 5 heteroatoms. The summed E-state index contributed by atoms with van der Waals surface area (Å²) in [5.74, 6) is -1.29. The number of aliphatic hydroxyl groups excluding tert-OH is 3. The van der Waals surface area contributed by atoms with E-state index in [2.05, 4.69) is 37.3 Å². The molecule has 0 aromatic heterocycles. The Morgan fingerprint density at radius 3 is 2.30 bits per heavy atom. The molecule has 1 saturated carbocycles. The fourth-order valence-corrected chi connectivity index (χ4v) is 3.29. The van der Waals surface area contributed by atoms with Gasteiger partial charge in [-0.3, -0.25) is 4.79 Å². The van der Waals surface area contributed by atoms with Crippen molar-refractivity contribution in [1.29, 1.82) is 0 Å². The van der Waals surface area contributed by atoms with Crippen molar-refractivity contribution in [1.82, 2.24) is 0 Å². The Kier molecular flexibility index (Phi) is 11.7. The quantitative estimate of drug-likeness (QED) is 0.390. The second-order valence-electron chi connectivity index (χ2n) is 7.03. The van der Waals surface area contributed by atoms with E-state index in [0.29, 0.717) is 12.8 Å². The maximum absolute atomic E-state index is 10.5. The number of carboxylic acids is 1. The summed E-state index contributed by atoms with van der Waals surface area (Å²) < 4.78 is 0. The Morgan fingerprint density at radius 1 is 1.04 bits per heavy atom. The van der Waals surface area contributed by atoms with Gasteiger partial charge in [-0.2, -0.15) is 0 Å². The van der Waals surface area contributed by atoms with Crippen LogP contribution in [0.25, 0.3) is 0 Å². The predicted molar refractivity (Wildman–Crippen MR) is 107 cm³/mol. The summed E-state index contributed by atoms with van der Waals surface area (Å²) in [6, 6.07) is 0. The van der Waals surface area contributed by atoms with Crippen LogP contribution >= 0.6 is 0 Å². The lowest BCUT2D eigenvalue weighted by atomic mass is 9.89. The van der Waals surface area contributed by atoms with Crippen molar-refractivity contribution in [2.75, 3.05) is 0 Å². The van der Waals surface area contributed by atoms with Crippen molar-refractivity contribution >= 4 is 5.97 Å². The van der Waals surface area contributed by atoms with Crippen LogP contribution in [0.2, 0.25) is 0 Å². The van der Waals surface area contributed by atoms with Crippen molar-refractivity contribution in [3.05, 3.63) is 48.6 Å². The van der Waals surface area contributed by atoms with Crippen molar-refractivity contribution in [2.45, 2.75) is 70.2 Å². The molecule has 0 unspecified atom stereocenters. The van der Waals surface area contributed by atoms with Crippen LogP contribution in [-0.4, -0.2) is 44.7 Å². The van der Waals surface area contributed by atoms with Gasteiger partial charge in [0.2, 0.25) is 0 Å². The lowest BCUT2D eigenvalue weighted by Crippen LogP contribution is -2.20. The monoisotopic (exact) mass is 378 g/mol. The summed E-state index contributed by atoms with van der Waals surface area (Å²) in [4.78, 5) is 10.5.